The van der Waals surface area contributed by atoms with Crippen molar-refractivity contribution in [1.29, 1.82) is 0 Å². The molecular formula is C16H22ClNO. The van der Waals surface area contributed by atoms with E-state index in [4.69, 9.17) is 16.0 Å². The molecule has 19 heavy (non-hydrogen) atoms. The number of fused-ring (bicyclic) bond motifs is 1. The molecule has 0 spiro atoms. The molecule has 2 aromatic rings. The second kappa shape index (κ2) is 5.98. The van der Waals surface area contributed by atoms with E-state index in [-0.39, 0.29) is 0 Å². The number of aryl methyl sites for hydroxylation is 2. The van der Waals surface area contributed by atoms with E-state index >= 15 is 0 Å². The fourth-order valence-electron chi connectivity index (χ4n) is 2.39. The summed E-state index contributed by atoms with van der Waals surface area (Å²) in [5.74, 6) is 1.05. The average Bonchev–Trinajstić information content (AvgIpc) is 2.66. The quantitative estimate of drug-likeness (QED) is 0.847. The minimum absolute atomic E-state index is 0.451. The number of rotatable bonds is 5. The first-order valence-corrected chi connectivity index (χ1v) is 7.34. The molecular weight excluding hydrogens is 258 g/mol. The van der Waals surface area contributed by atoms with E-state index in [1.165, 1.54) is 10.9 Å². The van der Waals surface area contributed by atoms with E-state index < -0.39 is 0 Å². The molecule has 1 heterocycles. The summed E-state index contributed by atoms with van der Waals surface area (Å²) in [4.78, 5) is 0. The molecule has 2 nitrogen and oxygen atoms in total. The normalized spacial score (nSPS) is 11.7. The van der Waals surface area contributed by atoms with Crippen LogP contribution in [0.3, 0.4) is 0 Å². The SMILES string of the molecule is CCCc1c(CNC(C)C)oc2c(C)cc(Cl)cc12. The Kier molecular flexibility index (Phi) is 4.54. The predicted octanol–water partition coefficient (Wildman–Crippen LogP) is 4.85. The number of benzene rings is 1. The van der Waals surface area contributed by atoms with E-state index in [1.807, 2.05) is 19.1 Å². The molecule has 3 heteroatoms. The summed E-state index contributed by atoms with van der Waals surface area (Å²) in [5, 5.41) is 5.39. The molecule has 0 amide bonds. The standard InChI is InChI=1S/C16H22ClNO/c1-5-6-13-14-8-12(17)7-11(4)16(14)19-15(13)9-18-10(2)3/h7-8,10,18H,5-6,9H2,1-4H3. The highest BCUT2D eigenvalue weighted by Crippen LogP contribution is 2.32. The monoisotopic (exact) mass is 279 g/mol. The van der Waals surface area contributed by atoms with Gasteiger partial charge in [-0.25, -0.2) is 0 Å². The number of hydrogen-bond acceptors (Lipinski definition) is 2. The lowest BCUT2D eigenvalue weighted by atomic mass is 10.0. The van der Waals surface area contributed by atoms with Crippen molar-refractivity contribution in [3.63, 3.8) is 0 Å². The number of halogens is 1. The van der Waals surface area contributed by atoms with Crippen LogP contribution < -0.4 is 5.32 Å². The third-order valence-electron chi connectivity index (χ3n) is 3.30. The lowest BCUT2D eigenvalue weighted by molar-refractivity contribution is 0.482. The zero-order valence-electron chi connectivity index (χ0n) is 12.1. The van der Waals surface area contributed by atoms with Gasteiger partial charge in [0.25, 0.3) is 0 Å². The van der Waals surface area contributed by atoms with Crippen LogP contribution in [-0.4, -0.2) is 6.04 Å². The van der Waals surface area contributed by atoms with E-state index in [9.17, 15) is 0 Å². The summed E-state index contributed by atoms with van der Waals surface area (Å²) in [6.45, 7) is 9.30. The minimum Gasteiger partial charge on any atom is -0.459 e. The Labute approximate surface area is 120 Å². The van der Waals surface area contributed by atoms with Crippen molar-refractivity contribution >= 4 is 22.6 Å². The van der Waals surface area contributed by atoms with E-state index in [1.54, 1.807) is 0 Å². The van der Waals surface area contributed by atoms with Crippen molar-refractivity contribution in [2.45, 2.75) is 53.1 Å². The lowest BCUT2D eigenvalue weighted by Gasteiger charge is -2.07. The molecule has 0 atom stereocenters. The fourth-order valence-corrected chi connectivity index (χ4v) is 2.66. The van der Waals surface area contributed by atoms with Gasteiger partial charge < -0.3 is 9.73 Å². The summed E-state index contributed by atoms with van der Waals surface area (Å²) in [7, 11) is 0. The molecule has 0 aliphatic heterocycles. The van der Waals surface area contributed by atoms with Crippen LogP contribution in [0.2, 0.25) is 5.02 Å². The van der Waals surface area contributed by atoms with Crippen LogP contribution in [0.25, 0.3) is 11.0 Å². The maximum Gasteiger partial charge on any atom is 0.137 e. The molecule has 0 bridgehead atoms. The molecule has 0 saturated heterocycles. The topological polar surface area (TPSA) is 25.2 Å². The molecule has 1 aromatic heterocycles. The summed E-state index contributed by atoms with van der Waals surface area (Å²) in [6, 6.07) is 4.44. The van der Waals surface area contributed by atoms with E-state index in [0.717, 1.165) is 41.3 Å². The molecule has 0 radical (unpaired) electrons. The van der Waals surface area contributed by atoms with Crippen molar-refractivity contribution in [3.8, 4) is 0 Å². The minimum atomic E-state index is 0.451. The van der Waals surface area contributed by atoms with Crippen LogP contribution >= 0.6 is 11.6 Å². The molecule has 0 saturated carbocycles. The van der Waals surface area contributed by atoms with Gasteiger partial charge in [0.05, 0.1) is 6.54 Å². The van der Waals surface area contributed by atoms with Crippen molar-refractivity contribution in [2.24, 2.45) is 0 Å². The van der Waals surface area contributed by atoms with E-state index in [2.05, 4.69) is 26.1 Å². The molecule has 104 valence electrons. The lowest BCUT2D eigenvalue weighted by Crippen LogP contribution is -2.22. The zero-order valence-corrected chi connectivity index (χ0v) is 12.9. The van der Waals surface area contributed by atoms with E-state index in [0.29, 0.717) is 6.04 Å². The smallest absolute Gasteiger partial charge is 0.137 e. The van der Waals surface area contributed by atoms with Gasteiger partial charge in [0.1, 0.15) is 11.3 Å². The first kappa shape index (κ1) is 14.4. The predicted molar refractivity (Wildman–Crippen MR) is 81.9 cm³/mol. The van der Waals surface area contributed by atoms with Gasteiger partial charge >= 0.3 is 0 Å². The highest BCUT2D eigenvalue weighted by atomic mass is 35.5. The van der Waals surface area contributed by atoms with Gasteiger partial charge in [-0.1, -0.05) is 38.8 Å². The first-order valence-electron chi connectivity index (χ1n) is 6.96. The molecule has 0 aliphatic carbocycles. The van der Waals surface area contributed by atoms with Crippen LogP contribution in [0.15, 0.2) is 16.5 Å². The van der Waals surface area contributed by atoms with Crippen molar-refractivity contribution in [2.75, 3.05) is 0 Å². The van der Waals surface area contributed by atoms with Crippen LogP contribution in [0.4, 0.5) is 0 Å². The largest absolute Gasteiger partial charge is 0.459 e. The van der Waals surface area contributed by atoms with Gasteiger partial charge in [-0.3, -0.25) is 0 Å². The van der Waals surface area contributed by atoms with Crippen LogP contribution in [0.5, 0.6) is 0 Å². The van der Waals surface area contributed by atoms with Crippen molar-refractivity contribution in [1.82, 2.24) is 5.32 Å². The third-order valence-corrected chi connectivity index (χ3v) is 3.52. The molecule has 0 unspecified atom stereocenters. The third kappa shape index (κ3) is 3.13. The van der Waals surface area contributed by atoms with Gasteiger partial charge in [-0.15, -0.1) is 0 Å². The van der Waals surface area contributed by atoms with Crippen molar-refractivity contribution < 1.29 is 4.42 Å². The maximum atomic E-state index is 6.18. The Hall–Kier alpha value is -0.990. The van der Waals surface area contributed by atoms with Gasteiger partial charge in [-0.05, 0) is 31.0 Å². The second-order valence-electron chi connectivity index (χ2n) is 5.39. The van der Waals surface area contributed by atoms with Gasteiger partial charge in [0.15, 0.2) is 0 Å². The molecule has 0 fully saturated rings. The van der Waals surface area contributed by atoms with Crippen LogP contribution in [-0.2, 0) is 13.0 Å². The number of nitrogens with one attached hydrogen (secondary N) is 1. The summed E-state index contributed by atoms with van der Waals surface area (Å²) < 4.78 is 6.07. The Morgan fingerprint density at radius 1 is 1.32 bits per heavy atom. The van der Waals surface area contributed by atoms with Gasteiger partial charge in [0, 0.05) is 22.0 Å². The fraction of sp³-hybridized carbons (Fsp3) is 0.500. The van der Waals surface area contributed by atoms with Crippen LogP contribution in [0, 0.1) is 6.92 Å². The van der Waals surface area contributed by atoms with Crippen LogP contribution in [0.1, 0.15) is 44.1 Å². The summed E-state index contributed by atoms with van der Waals surface area (Å²) >= 11 is 6.18. The Bertz CT molecular complexity index is 572. The van der Waals surface area contributed by atoms with Gasteiger partial charge in [0.2, 0.25) is 0 Å². The van der Waals surface area contributed by atoms with Gasteiger partial charge in [-0.2, -0.15) is 0 Å². The van der Waals surface area contributed by atoms with Crippen molar-refractivity contribution in [3.05, 3.63) is 34.0 Å². The number of furan rings is 1. The maximum absolute atomic E-state index is 6.18. The highest BCUT2D eigenvalue weighted by molar-refractivity contribution is 6.31. The average molecular weight is 280 g/mol. The highest BCUT2D eigenvalue weighted by Gasteiger charge is 2.15. The molecule has 1 N–H and O–H groups in total. The Balaban J connectivity index is 2.50. The Morgan fingerprint density at radius 3 is 2.68 bits per heavy atom. The Morgan fingerprint density at radius 2 is 2.05 bits per heavy atom. The summed E-state index contributed by atoms with van der Waals surface area (Å²) in [6.07, 6.45) is 2.14. The number of hydrogen-bond donors (Lipinski definition) is 1. The first-order chi connectivity index (χ1) is 9.02. The molecule has 2 rings (SSSR count). The molecule has 0 aliphatic rings. The zero-order chi connectivity index (χ0) is 14.0. The summed E-state index contributed by atoms with van der Waals surface area (Å²) in [5.41, 5.74) is 3.39. The molecule has 1 aromatic carbocycles. The second-order valence-corrected chi connectivity index (χ2v) is 5.83.